The average molecular weight is 303 g/mol. The first-order valence-electron chi connectivity index (χ1n) is 6.94. The lowest BCUT2D eigenvalue weighted by molar-refractivity contribution is 0.955. The molecular formula is C16H13N7. The fourth-order valence-electron chi connectivity index (χ4n) is 1.88. The number of anilines is 3. The van der Waals surface area contributed by atoms with Crippen LogP contribution in [0.4, 0.5) is 17.5 Å². The van der Waals surface area contributed by atoms with Crippen LogP contribution in [-0.2, 0) is 6.54 Å². The molecule has 2 N–H and O–H groups in total. The van der Waals surface area contributed by atoms with Crippen molar-refractivity contribution in [3.05, 3.63) is 66.1 Å². The molecular weight excluding hydrogens is 290 g/mol. The Hall–Kier alpha value is -3.53. The normalized spacial score (nSPS) is 9.87. The first-order valence-corrected chi connectivity index (χ1v) is 6.94. The molecule has 7 nitrogen and oxygen atoms in total. The van der Waals surface area contributed by atoms with E-state index in [2.05, 4.69) is 36.9 Å². The Bertz CT molecular complexity index is 810. The zero-order valence-electron chi connectivity index (χ0n) is 12.1. The van der Waals surface area contributed by atoms with E-state index in [9.17, 15) is 0 Å². The Morgan fingerprint density at radius 1 is 1.09 bits per heavy atom. The molecule has 0 bridgehead atoms. The minimum atomic E-state index is 0.376. The van der Waals surface area contributed by atoms with E-state index in [0.717, 1.165) is 11.4 Å². The van der Waals surface area contributed by atoms with Crippen molar-refractivity contribution in [2.24, 2.45) is 0 Å². The SMILES string of the molecule is N#Cc1ccc(Nc2nncc(NCc3ccccn3)n2)cc1. The highest BCUT2D eigenvalue weighted by atomic mass is 15.3. The highest BCUT2D eigenvalue weighted by Crippen LogP contribution is 2.14. The monoisotopic (exact) mass is 303 g/mol. The van der Waals surface area contributed by atoms with Gasteiger partial charge in [0, 0.05) is 11.9 Å². The van der Waals surface area contributed by atoms with E-state index in [1.807, 2.05) is 18.2 Å². The largest absolute Gasteiger partial charge is 0.363 e. The lowest BCUT2D eigenvalue weighted by atomic mass is 10.2. The Morgan fingerprint density at radius 2 is 1.96 bits per heavy atom. The smallest absolute Gasteiger partial charge is 0.249 e. The standard InChI is InChI=1S/C16H13N7/c17-9-12-4-6-13(7-5-12)21-16-22-15(11-20-23-16)19-10-14-3-1-2-8-18-14/h1-8,11H,10H2,(H2,19,21,22,23). The summed E-state index contributed by atoms with van der Waals surface area (Å²) in [5, 5.41) is 22.8. The topological polar surface area (TPSA) is 99.4 Å². The van der Waals surface area contributed by atoms with Crippen LogP contribution in [0.5, 0.6) is 0 Å². The van der Waals surface area contributed by atoms with Gasteiger partial charge in [0.25, 0.3) is 0 Å². The summed E-state index contributed by atoms with van der Waals surface area (Å²) in [6.45, 7) is 0.551. The van der Waals surface area contributed by atoms with Gasteiger partial charge in [-0.3, -0.25) is 4.98 Å². The van der Waals surface area contributed by atoms with Gasteiger partial charge in [-0.1, -0.05) is 6.07 Å². The van der Waals surface area contributed by atoms with E-state index in [0.29, 0.717) is 23.9 Å². The maximum Gasteiger partial charge on any atom is 0.249 e. The Labute approximate surface area is 133 Å². The first-order chi connectivity index (χ1) is 11.3. The molecule has 0 aliphatic carbocycles. The summed E-state index contributed by atoms with van der Waals surface area (Å²) >= 11 is 0. The number of rotatable bonds is 5. The molecule has 0 saturated heterocycles. The summed E-state index contributed by atoms with van der Waals surface area (Å²) < 4.78 is 0. The fourth-order valence-corrected chi connectivity index (χ4v) is 1.88. The van der Waals surface area contributed by atoms with E-state index in [-0.39, 0.29) is 0 Å². The number of hydrogen-bond donors (Lipinski definition) is 2. The predicted molar refractivity (Wildman–Crippen MR) is 85.8 cm³/mol. The van der Waals surface area contributed by atoms with Crippen LogP contribution in [0.25, 0.3) is 0 Å². The molecule has 0 spiro atoms. The first kappa shape index (κ1) is 14.4. The van der Waals surface area contributed by atoms with E-state index in [1.54, 1.807) is 36.7 Å². The summed E-state index contributed by atoms with van der Waals surface area (Å²) in [5.41, 5.74) is 2.29. The van der Waals surface area contributed by atoms with Crippen LogP contribution < -0.4 is 10.6 Å². The van der Waals surface area contributed by atoms with Crippen molar-refractivity contribution in [3.63, 3.8) is 0 Å². The molecule has 0 fully saturated rings. The minimum absolute atomic E-state index is 0.376. The van der Waals surface area contributed by atoms with Crippen molar-refractivity contribution in [1.29, 1.82) is 5.26 Å². The maximum absolute atomic E-state index is 8.79. The van der Waals surface area contributed by atoms with Crippen molar-refractivity contribution in [1.82, 2.24) is 20.2 Å². The molecule has 0 amide bonds. The number of benzene rings is 1. The molecule has 0 saturated carbocycles. The van der Waals surface area contributed by atoms with Crippen LogP contribution in [0.1, 0.15) is 11.3 Å². The van der Waals surface area contributed by atoms with Crippen LogP contribution in [0, 0.1) is 11.3 Å². The highest BCUT2D eigenvalue weighted by Gasteiger charge is 2.02. The molecule has 2 aromatic heterocycles. The Balaban J connectivity index is 1.66. The van der Waals surface area contributed by atoms with Crippen molar-refractivity contribution in [2.45, 2.75) is 6.54 Å². The third-order valence-corrected chi connectivity index (χ3v) is 3.01. The quantitative estimate of drug-likeness (QED) is 0.747. The number of aromatic nitrogens is 4. The summed E-state index contributed by atoms with van der Waals surface area (Å²) in [7, 11) is 0. The van der Waals surface area contributed by atoms with Gasteiger partial charge in [0.15, 0.2) is 5.82 Å². The second-order valence-electron chi connectivity index (χ2n) is 4.65. The number of nitrogens with zero attached hydrogens (tertiary/aromatic N) is 5. The average Bonchev–Trinajstić information content (AvgIpc) is 2.62. The van der Waals surface area contributed by atoms with Gasteiger partial charge in [-0.2, -0.15) is 15.3 Å². The molecule has 1 aromatic carbocycles. The lowest BCUT2D eigenvalue weighted by Gasteiger charge is -2.07. The number of pyridine rings is 1. The van der Waals surface area contributed by atoms with Crippen molar-refractivity contribution >= 4 is 17.5 Å². The summed E-state index contributed by atoms with van der Waals surface area (Å²) in [6.07, 6.45) is 3.29. The van der Waals surface area contributed by atoms with Crippen LogP contribution in [0.2, 0.25) is 0 Å². The van der Waals surface area contributed by atoms with Crippen molar-refractivity contribution < 1.29 is 0 Å². The second-order valence-corrected chi connectivity index (χ2v) is 4.65. The van der Waals surface area contributed by atoms with Gasteiger partial charge >= 0.3 is 0 Å². The van der Waals surface area contributed by atoms with E-state index in [1.165, 1.54) is 0 Å². The van der Waals surface area contributed by atoms with Crippen LogP contribution >= 0.6 is 0 Å². The third kappa shape index (κ3) is 3.98. The van der Waals surface area contributed by atoms with Gasteiger partial charge in [0.2, 0.25) is 5.95 Å². The van der Waals surface area contributed by atoms with Crippen molar-refractivity contribution in [2.75, 3.05) is 10.6 Å². The summed E-state index contributed by atoms with van der Waals surface area (Å²) in [5.74, 6) is 0.975. The Kier molecular flexibility index (Phi) is 4.36. The lowest BCUT2D eigenvalue weighted by Crippen LogP contribution is -2.06. The third-order valence-electron chi connectivity index (χ3n) is 3.01. The molecule has 0 aliphatic heterocycles. The van der Waals surface area contributed by atoms with Crippen LogP contribution in [0.15, 0.2) is 54.9 Å². The number of nitriles is 1. The van der Waals surface area contributed by atoms with E-state index >= 15 is 0 Å². The summed E-state index contributed by atoms with van der Waals surface area (Å²) in [6, 6.07) is 14.8. The van der Waals surface area contributed by atoms with Crippen molar-refractivity contribution in [3.8, 4) is 6.07 Å². The summed E-state index contributed by atoms with van der Waals surface area (Å²) in [4.78, 5) is 8.57. The second kappa shape index (κ2) is 6.95. The van der Waals surface area contributed by atoms with Gasteiger partial charge in [-0.15, -0.1) is 5.10 Å². The zero-order valence-corrected chi connectivity index (χ0v) is 12.1. The number of nitrogens with one attached hydrogen (secondary N) is 2. The van der Waals surface area contributed by atoms with E-state index < -0.39 is 0 Å². The zero-order chi connectivity index (χ0) is 15.9. The fraction of sp³-hybridized carbons (Fsp3) is 0.0625. The van der Waals surface area contributed by atoms with Gasteiger partial charge in [-0.05, 0) is 36.4 Å². The molecule has 3 aromatic rings. The Morgan fingerprint density at radius 3 is 2.70 bits per heavy atom. The van der Waals surface area contributed by atoms with Crippen LogP contribution in [-0.4, -0.2) is 20.2 Å². The molecule has 2 heterocycles. The minimum Gasteiger partial charge on any atom is -0.363 e. The predicted octanol–water partition coefficient (Wildman–Crippen LogP) is 2.49. The van der Waals surface area contributed by atoms with Gasteiger partial charge < -0.3 is 10.6 Å². The molecule has 112 valence electrons. The van der Waals surface area contributed by atoms with E-state index in [4.69, 9.17) is 5.26 Å². The molecule has 0 radical (unpaired) electrons. The maximum atomic E-state index is 8.79. The van der Waals surface area contributed by atoms with Gasteiger partial charge in [-0.25, -0.2) is 0 Å². The molecule has 23 heavy (non-hydrogen) atoms. The molecule has 7 heteroatoms. The molecule has 0 aliphatic rings. The van der Waals surface area contributed by atoms with Gasteiger partial charge in [0.1, 0.15) is 0 Å². The molecule has 3 rings (SSSR count). The number of hydrogen-bond acceptors (Lipinski definition) is 7. The molecule has 0 unspecified atom stereocenters. The van der Waals surface area contributed by atoms with Gasteiger partial charge in [0.05, 0.1) is 30.1 Å². The van der Waals surface area contributed by atoms with Crippen LogP contribution in [0.3, 0.4) is 0 Å². The molecule has 0 atom stereocenters. The highest BCUT2D eigenvalue weighted by molar-refractivity contribution is 5.55.